The maximum atomic E-state index is 11.5. The SMILES string of the molecule is CCCN1CCC(SC)CC1=O. The Hall–Kier alpha value is -0.180. The lowest BCUT2D eigenvalue weighted by molar-refractivity contribution is -0.133. The van der Waals surface area contributed by atoms with E-state index in [-0.39, 0.29) is 0 Å². The van der Waals surface area contributed by atoms with Gasteiger partial charge in [0.2, 0.25) is 5.91 Å². The standard InChI is InChI=1S/C9H17NOS/c1-3-5-10-6-4-8(12-2)7-9(10)11/h8H,3-7H2,1-2H3. The Morgan fingerprint density at radius 1 is 1.67 bits per heavy atom. The molecular formula is C9H17NOS. The summed E-state index contributed by atoms with van der Waals surface area (Å²) in [5, 5.41) is 0.575. The maximum absolute atomic E-state index is 11.5. The molecule has 1 aliphatic heterocycles. The van der Waals surface area contributed by atoms with Gasteiger partial charge in [0.1, 0.15) is 0 Å². The van der Waals surface area contributed by atoms with Crippen LogP contribution in [-0.2, 0) is 4.79 Å². The van der Waals surface area contributed by atoms with Crippen LogP contribution in [0.15, 0.2) is 0 Å². The number of amides is 1. The summed E-state index contributed by atoms with van der Waals surface area (Å²) in [6.45, 7) is 4.03. The second-order valence-corrected chi connectivity index (χ2v) is 4.37. The number of likely N-dealkylation sites (tertiary alicyclic amines) is 1. The van der Waals surface area contributed by atoms with Crippen molar-refractivity contribution in [1.82, 2.24) is 4.90 Å². The van der Waals surface area contributed by atoms with Crippen LogP contribution in [0, 0.1) is 0 Å². The summed E-state index contributed by atoms with van der Waals surface area (Å²) in [5.74, 6) is 0.349. The number of nitrogens with zero attached hydrogens (tertiary/aromatic N) is 1. The molecule has 0 aliphatic carbocycles. The van der Waals surface area contributed by atoms with Gasteiger partial charge in [-0.25, -0.2) is 0 Å². The van der Waals surface area contributed by atoms with Gasteiger partial charge < -0.3 is 4.90 Å². The van der Waals surface area contributed by atoms with Crippen LogP contribution in [0.4, 0.5) is 0 Å². The first kappa shape index (κ1) is 9.90. The van der Waals surface area contributed by atoms with Crippen LogP contribution < -0.4 is 0 Å². The highest BCUT2D eigenvalue weighted by Gasteiger charge is 2.23. The molecule has 1 fully saturated rings. The molecule has 1 unspecified atom stereocenters. The van der Waals surface area contributed by atoms with Gasteiger partial charge in [-0.1, -0.05) is 6.92 Å². The van der Waals surface area contributed by atoms with E-state index in [1.54, 1.807) is 0 Å². The first-order chi connectivity index (χ1) is 5.77. The Bertz CT molecular complexity index is 161. The number of hydrogen-bond donors (Lipinski definition) is 0. The van der Waals surface area contributed by atoms with Crippen molar-refractivity contribution in [3.63, 3.8) is 0 Å². The molecule has 0 aromatic heterocycles. The minimum absolute atomic E-state index is 0.349. The van der Waals surface area contributed by atoms with Crippen molar-refractivity contribution in [2.24, 2.45) is 0 Å². The molecule has 1 rings (SSSR count). The molecule has 2 nitrogen and oxygen atoms in total. The van der Waals surface area contributed by atoms with E-state index in [1.807, 2.05) is 16.7 Å². The third-order valence-corrected chi connectivity index (χ3v) is 3.37. The molecule has 1 heterocycles. The lowest BCUT2D eigenvalue weighted by Gasteiger charge is -2.30. The Morgan fingerprint density at radius 2 is 2.42 bits per heavy atom. The molecule has 0 radical (unpaired) electrons. The lowest BCUT2D eigenvalue weighted by Crippen LogP contribution is -2.40. The number of piperidine rings is 1. The average molecular weight is 187 g/mol. The van der Waals surface area contributed by atoms with Gasteiger partial charge in [-0.15, -0.1) is 0 Å². The second kappa shape index (κ2) is 4.75. The maximum Gasteiger partial charge on any atom is 0.223 e. The zero-order valence-electron chi connectivity index (χ0n) is 7.88. The quantitative estimate of drug-likeness (QED) is 0.671. The molecule has 0 aromatic rings. The van der Waals surface area contributed by atoms with Gasteiger partial charge in [0.05, 0.1) is 0 Å². The molecule has 0 N–H and O–H groups in total. The van der Waals surface area contributed by atoms with Crippen LogP contribution in [0.3, 0.4) is 0 Å². The summed E-state index contributed by atoms with van der Waals surface area (Å²) in [5.41, 5.74) is 0. The topological polar surface area (TPSA) is 20.3 Å². The van der Waals surface area contributed by atoms with Crippen molar-refractivity contribution in [2.45, 2.75) is 31.4 Å². The molecule has 0 saturated carbocycles. The fraction of sp³-hybridized carbons (Fsp3) is 0.889. The molecule has 12 heavy (non-hydrogen) atoms. The molecule has 70 valence electrons. The molecule has 1 saturated heterocycles. The number of carbonyl (C=O) groups excluding carboxylic acids is 1. The monoisotopic (exact) mass is 187 g/mol. The third-order valence-electron chi connectivity index (χ3n) is 2.30. The molecule has 1 atom stereocenters. The average Bonchev–Trinajstić information content (AvgIpc) is 2.09. The highest BCUT2D eigenvalue weighted by molar-refractivity contribution is 7.99. The van der Waals surface area contributed by atoms with Gasteiger partial charge in [-0.3, -0.25) is 4.79 Å². The van der Waals surface area contributed by atoms with Crippen molar-refractivity contribution in [3.8, 4) is 0 Å². The summed E-state index contributed by atoms with van der Waals surface area (Å²) < 4.78 is 0. The van der Waals surface area contributed by atoms with Crippen LogP contribution in [0.5, 0.6) is 0 Å². The zero-order valence-corrected chi connectivity index (χ0v) is 8.69. The molecule has 0 bridgehead atoms. The Kier molecular flexibility index (Phi) is 3.92. The molecule has 3 heteroatoms. The lowest BCUT2D eigenvalue weighted by atomic mass is 10.1. The van der Waals surface area contributed by atoms with Gasteiger partial charge >= 0.3 is 0 Å². The number of hydrogen-bond acceptors (Lipinski definition) is 2. The number of rotatable bonds is 3. The summed E-state index contributed by atoms with van der Waals surface area (Å²) in [4.78, 5) is 13.5. The predicted octanol–water partition coefficient (Wildman–Crippen LogP) is 1.75. The van der Waals surface area contributed by atoms with Crippen LogP contribution in [-0.4, -0.2) is 35.4 Å². The Morgan fingerprint density at radius 3 is 2.92 bits per heavy atom. The van der Waals surface area contributed by atoms with E-state index in [0.29, 0.717) is 11.2 Å². The van der Waals surface area contributed by atoms with Gasteiger partial charge in [0.15, 0.2) is 0 Å². The van der Waals surface area contributed by atoms with Gasteiger partial charge in [0, 0.05) is 24.8 Å². The van der Waals surface area contributed by atoms with Gasteiger partial charge in [-0.05, 0) is 19.1 Å². The summed E-state index contributed by atoms with van der Waals surface area (Å²) in [7, 11) is 0. The van der Waals surface area contributed by atoms with Crippen LogP contribution in [0.2, 0.25) is 0 Å². The minimum Gasteiger partial charge on any atom is -0.343 e. The van der Waals surface area contributed by atoms with Crippen molar-refractivity contribution < 1.29 is 4.79 Å². The highest BCUT2D eigenvalue weighted by atomic mass is 32.2. The fourth-order valence-electron chi connectivity index (χ4n) is 1.56. The Labute approximate surface area is 78.7 Å². The zero-order chi connectivity index (χ0) is 8.97. The van der Waals surface area contributed by atoms with Crippen molar-refractivity contribution in [3.05, 3.63) is 0 Å². The molecule has 1 amide bonds. The van der Waals surface area contributed by atoms with Crippen molar-refractivity contribution in [2.75, 3.05) is 19.3 Å². The van der Waals surface area contributed by atoms with E-state index < -0.39 is 0 Å². The first-order valence-electron chi connectivity index (χ1n) is 4.58. The van der Waals surface area contributed by atoms with E-state index in [0.717, 1.165) is 25.9 Å². The minimum atomic E-state index is 0.349. The Balaban J connectivity index is 2.37. The van der Waals surface area contributed by atoms with Gasteiger partial charge in [-0.2, -0.15) is 11.8 Å². The van der Waals surface area contributed by atoms with Crippen LogP contribution in [0.1, 0.15) is 26.2 Å². The highest BCUT2D eigenvalue weighted by Crippen LogP contribution is 2.21. The van der Waals surface area contributed by atoms with Crippen molar-refractivity contribution in [1.29, 1.82) is 0 Å². The van der Waals surface area contributed by atoms with Crippen LogP contribution >= 0.6 is 11.8 Å². The van der Waals surface area contributed by atoms with Crippen molar-refractivity contribution >= 4 is 17.7 Å². The van der Waals surface area contributed by atoms with E-state index in [2.05, 4.69) is 13.2 Å². The molecule has 1 aliphatic rings. The van der Waals surface area contributed by atoms with Crippen LogP contribution in [0.25, 0.3) is 0 Å². The summed E-state index contributed by atoms with van der Waals surface area (Å²) in [6.07, 6.45) is 5.09. The van der Waals surface area contributed by atoms with E-state index in [1.165, 1.54) is 6.42 Å². The first-order valence-corrected chi connectivity index (χ1v) is 5.87. The van der Waals surface area contributed by atoms with E-state index >= 15 is 0 Å². The normalized spacial score (nSPS) is 24.7. The molecule has 0 spiro atoms. The fourth-order valence-corrected chi connectivity index (χ4v) is 2.21. The summed E-state index contributed by atoms with van der Waals surface area (Å²) >= 11 is 1.82. The number of carbonyl (C=O) groups is 1. The largest absolute Gasteiger partial charge is 0.343 e. The third kappa shape index (κ3) is 2.41. The molecule has 0 aromatic carbocycles. The number of thioether (sulfide) groups is 1. The van der Waals surface area contributed by atoms with Gasteiger partial charge in [0.25, 0.3) is 0 Å². The summed E-state index contributed by atoms with van der Waals surface area (Å²) in [6, 6.07) is 0. The second-order valence-electron chi connectivity index (χ2n) is 3.23. The predicted molar refractivity (Wildman–Crippen MR) is 53.4 cm³/mol. The molecular weight excluding hydrogens is 170 g/mol. The van der Waals surface area contributed by atoms with E-state index in [9.17, 15) is 4.79 Å². The smallest absolute Gasteiger partial charge is 0.223 e. The van der Waals surface area contributed by atoms with E-state index in [4.69, 9.17) is 0 Å².